The summed E-state index contributed by atoms with van der Waals surface area (Å²) in [4.78, 5) is 0. The van der Waals surface area contributed by atoms with Crippen molar-refractivity contribution in [1.29, 1.82) is 0 Å². The van der Waals surface area contributed by atoms with E-state index in [1.54, 1.807) is 6.07 Å². The minimum absolute atomic E-state index is 0.208. The van der Waals surface area contributed by atoms with Crippen molar-refractivity contribution in [2.75, 3.05) is 13.2 Å². The molecule has 0 atom stereocenters. The van der Waals surface area contributed by atoms with Crippen LogP contribution < -0.4 is 0 Å². The lowest BCUT2D eigenvalue weighted by Crippen LogP contribution is -2.34. The van der Waals surface area contributed by atoms with Gasteiger partial charge in [0.25, 0.3) is 0 Å². The Morgan fingerprint density at radius 3 is 2.31 bits per heavy atom. The van der Waals surface area contributed by atoms with Crippen molar-refractivity contribution >= 4 is 0 Å². The second-order valence-electron chi connectivity index (χ2n) is 8.24. The van der Waals surface area contributed by atoms with Crippen LogP contribution in [-0.4, -0.2) is 13.2 Å². The van der Waals surface area contributed by atoms with Crippen LogP contribution in [0.1, 0.15) is 82.6 Å². The number of aryl methyl sites for hydroxylation is 1. The van der Waals surface area contributed by atoms with Gasteiger partial charge in [-0.05, 0) is 42.7 Å². The molecule has 2 nitrogen and oxygen atoms in total. The number of benzene rings is 1. The standard InChI is InChI=1S/C23H35FO2/c1-3-5-6-7-18-8-11-19(12-9-18)20-15-25-23(26-16-20)21-13-10-17(4-2)14-22(21)24/h10,13-14,18-20,23H,3-9,11-12,15-16H2,1-2H3/t18?,19?,20-,23-. The molecular weight excluding hydrogens is 327 g/mol. The molecule has 26 heavy (non-hydrogen) atoms. The van der Waals surface area contributed by atoms with E-state index < -0.39 is 6.29 Å². The van der Waals surface area contributed by atoms with Crippen molar-refractivity contribution in [3.63, 3.8) is 0 Å². The molecule has 3 rings (SSSR count). The molecule has 0 spiro atoms. The molecule has 1 saturated heterocycles. The summed E-state index contributed by atoms with van der Waals surface area (Å²) in [5.74, 6) is 1.91. The van der Waals surface area contributed by atoms with Gasteiger partial charge in [0.1, 0.15) is 5.82 Å². The second-order valence-corrected chi connectivity index (χ2v) is 8.24. The summed E-state index contributed by atoms with van der Waals surface area (Å²) in [5.41, 5.74) is 1.55. The van der Waals surface area contributed by atoms with Gasteiger partial charge in [0, 0.05) is 11.5 Å². The Morgan fingerprint density at radius 1 is 0.962 bits per heavy atom. The maximum absolute atomic E-state index is 14.3. The highest BCUT2D eigenvalue weighted by atomic mass is 19.1. The fourth-order valence-electron chi connectivity index (χ4n) is 4.58. The third-order valence-electron chi connectivity index (χ3n) is 6.42. The summed E-state index contributed by atoms with van der Waals surface area (Å²) >= 11 is 0. The van der Waals surface area contributed by atoms with Gasteiger partial charge >= 0.3 is 0 Å². The quantitative estimate of drug-likeness (QED) is 0.520. The van der Waals surface area contributed by atoms with Crippen molar-refractivity contribution in [1.82, 2.24) is 0 Å². The Morgan fingerprint density at radius 2 is 1.69 bits per heavy atom. The molecule has 2 fully saturated rings. The van der Waals surface area contributed by atoms with Gasteiger partial charge in [-0.1, -0.05) is 64.5 Å². The number of ether oxygens (including phenoxy) is 2. The van der Waals surface area contributed by atoms with Crippen molar-refractivity contribution in [2.45, 2.75) is 77.9 Å². The monoisotopic (exact) mass is 362 g/mol. The van der Waals surface area contributed by atoms with Crippen LogP contribution in [-0.2, 0) is 15.9 Å². The zero-order chi connectivity index (χ0) is 18.4. The van der Waals surface area contributed by atoms with E-state index >= 15 is 0 Å². The number of rotatable bonds is 7. The van der Waals surface area contributed by atoms with Crippen molar-refractivity contribution in [3.8, 4) is 0 Å². The molecule has 0 aromatic heterocycles. The van der Waals surface area contributed by atoms with Crippen molar-refractivity contribution < 1.29 is 13.9 Å². The fourth-order valence-corrected chi connectivity index (χ4v) is 4.58. The Labute approximate surface area is 158 Å². The number of hydrogen-bond donors (Lipinski definition) is 0. The van der Waals surface area contributed by atoms with Crippen LogP contribution in [0.25, 0.3) is 0 Å². The van der Waals surface area contributed by atoms with E-state index in [4.69, 9.17) is 9.47 Å². The predicted molar refractivity (Wildman–Crippen MR) is 104 cm³/mol. The van der Waals surface area contributed by atoms with Crippen LogP contribution >= 0.6 is 0 Å². The topological polar surface area (TPSA) is 18.5 Å². The van der Waals surface area contributed by atoms with E-state index in [2.05, 4.69) is 6.92 Å². The average molecular weight is 363 g/mol. The van der Waals surface area contributed by atoms with Gasteiger partial charge in [0.15, 0.2) is 6.29 Å². The first-order valence-electron chi connectivity index (χ1n) is 10.7. The van der Waals surface area contributed by atoms with E-state index in [0.717, 1.165) is 17.9 Å². The van der Waals surface area contributed by atoms with Gasteiger partial charge < -0.3 is 9.47 Å². The fraction of sp³-hybridized carbons (Fsp3) is 0.739. The van der Waals surface area contributed by atoms with Gasteiger partial charge in [0.2, 0.25) is 0 Å². The predicted octanol–water partition coefficient (Wildman–Crippen LogP) is 6.44. The lowest BCUT2D eigenvalue weighted by atomic mass is 9.74. The summed E-state index contributed by atoms with van der Waals surface area (Å²) < 4.78 is 26.1. The van der Waals surface area contributed by atoms with Gasteiger partial charge in [-0.15, -0.1) is 0 Å². The number of unbranched alkanes of at least 4 members (excludes halogenated alkanes) is 2. The molecule has 1 aliphatic carbocycles. The van der Waals surface area contributed by atoms with Crippen molar-refractivity contribution in [3.05, 3.63) is 35.1 Å². The molecule has 0 unspecified atom stereocenters. The molecule has 1 aromatic carbocycles. The lowest BCUT2D eigenvalue weighted by molar-refractivity contribution is -0.215. The molecular formula is C23H35FO2. The molecule has 0 N–H and O–H groups in total. The highest BCUT2D eigenvalue weighted by molar-refractivity contribution is 5.25. The molecule has 0 bridgehead atoms. The number of halogens is 1. The molecule has 1 aromatic rings. The molecule has 3 heteroatoms. The normalized spacial score (nSPS) is 29.7. The van der Waals surface area contributed by atoms with E-state index in [0.29, 0.717) is 30.6 Å². The van der Waals surface area contributed by atoms with Crippen LogP contribution in [0, 0.1) is 23.6 Å². The third-order valence-corrected chi connectivity index (χ3v) is 6.42. The van der Waals surface area contributed by atoms with Crippen LogP contribution in [0.3, 0.4) is 0 Å². The van der Waals surface area contributed by atoms with E-state index in [1.165, 1.54) is 51.4 Å². The zero-order valence-corrected chi connectivity index (χ0v) is 16.5. The first kappa shape index (κ1) is 19.8. The van der Waals surface area contributed by atoms with Gasteiger partial charge in [-0.25, -0.2) is 4.39 Å². The molecule has 0 amide bonds. The maximum Gasteiger partial charge on any atom is 0.186 e. The average Bonchev–Trinajstić information content (AvgIpc) is 2.69. The Hall–Kier alpha value is -0.930. The Bertz CT molecular complexity index is 543. The largest absolute Gasteiger partial charge is 0.348 e. The highest BCUT2D eigenvalue weighted by Crippen LogP contribution is 2.39. The zero-order valence-electron chi connectivity index (χ0n) is 16.5. The molecule has 2 aliphatic rings. The molecule has 1 aliphatic heterocycles. The highest BCUT2D eigenvalue weighted by Gasteiger charge is 2.33. The van der Waals surface area contributed by atoms with E-state index in [1.807, 2.05) is 19.1 Å². The van der Waals surface area contributed by atoms with E-state index in [9.17, 15) is 4.39 Å². The molecule has 1 saturated carbocycles. The smallest absolute Gasteiger partial charge is 0.186 e. The van der Waals surface area contributed by atoms with Crippen molar-refractivity contribution in [2.24, 2.45) is 17.8 Å². The van der Waals surface area contributed by atoms with Gasteiger partial charge in [0.05, 0.1) is 13.2 Å². The third kappa shape index (κ3) is 5.07. The van der Waals surface area contributed by atoms with Crippen LogP contribution in [0.2, 0.25) is 0 Å². The Balaban J connectivity index is 1.44. The first-order chi connectivity index (χ1) is 12.7. The van der Waals surface area contributed by atoms with Crippen LogP contribution in [0.5, 0.6) is 0 Å². The minimum atomic E-state index is -0.539. The molecule has 1 heterocycles. The lowest BCUT2D eigenvalue weighted by Gasteiger charge is -2.38. The summed E-state index contributed by atoms with van der Waals surface area (Å²) in [6.07, 6.45) is 11.1. The molecule has 146 valence electrons. The first-order valence-corrected chi connectivity index (χ1v) is 10.7. The second kappa shape index (κ2) is 9.85. The SMILES string of the molecule is CCCCCC1CCC([C@H]2CO[C@H](c3ccc(CC)cc3F)OC2)CC1. The summed E-state index contributed by atoms with van der Waals surface area (Å²) in [6.45, 7) is 5.71. The maximum atomic E-state index is 14.3. The van der Waals surface area contributed by atoms with Gasteiger partial charge in [-0.2, -0.15) is 0 Å². The van der Waals surface area contributed by atoms with Crippen LogP contribution in [0.4, 0.5) is 4.39 Å². The summed E-state index contributed by atoms with van der Waals surface area (Å²) in [6, 6.07) is 5.39. The Kier molecular flexibility index (Phi) is 7.51. The summed E-state index contributed by atoms with van der Waals surface area (Å²) in [5, 5.41) is 0. The van der Waals surface area contributed by atoms with Gasteiger partial charge in [-0.3, -0.25) is 0 Å². The molecule has 0 radical (unpaired) electrons. The van der Waals surface area contributed by atoms with E-state index in [-0.39, 0.29) is 5.82 Å². The summed E-state index contributed by atoms with van der Waals surface area (Å²) in [7, 11) is 0. The minimum Gasteiger partial charge on any atom is -0.348 e. The van der Waals surface area contributed by atoms with Crippen LogP contribution in [0.15, 0.2) is 18.2 Å². The number of hydrogen-bond acceptors (Lipinski definition) is 2.